The van der Waals surface area contributed by atoms with E-state index in [0.29, 0.717) is 5.56 Å². The number of rotatable bonds is 3. The summed E-state index contributed by atoms with van der Waals surface area (Å²) in [7, 11) is 0. The van der Waals surface area contributed by atoms with Crippen molar-refractivity contribution in [2.45, 2.75) is 6.42 Å². The van der Waals surface area contributed by atoms with Crippen LogP contribution in [0, 0.1) is 23.7 Å². The zero-order valence-electron chi connectivity index (χ0n) is 15.1. The Morgan fingerprint density at radius 2 is 1.52 bits per heavy atom. The quantitative estimate of drug-likeness (QED) is 0.577. The fraction of sp³-hybridized carbons (Fsp3) is 0.227. The summed E-state index contributed by atoms with van der Waals surface area (Å²) in [6.07, 6.45) is 4.92. The molecule has 1 saturated heterocycles. The lowest BCUT2D eigenvalue weighted by atomic mass is 9.85. The van der Waals surface area contributed by atoms with Gasteiger partial charge in [0.2, 0.25) is 11.8 Å². The number of benzene rings is 2. The van der Waals surface area contributed by atoms with Crippen LogP contribution in [0.5, 0.6) is 0 Å². The lowest BCUT2D eigenvalue weighted by molar-refractivity contribution is -0.123. The van der Waals surface area contributed by atoms with Crippen molar-refractivity contribution in [1.82, 2.24) is 0 Å². The van der Waals surface area contributed by atoms with Gasteiger partial charge in [0.05, 0.1) is 33.3 Å². The Bertz CT molecular complexity index is 1050. The third kappa shape index (κ3) is 2.80. The van der Waals surface area contributed by atoms with Crippen LogP contribution >= 0.6 is 23.2 Å². The first-order valence-electron chi connectivity index (χ1n) is 9.37. The molecule has 5 nitrogen and oxygen atoms in total. The Hall–Kier alpha value is -2.63. The molecular weight excluding hydrogens is 411 g/mol. The number of halogens is 2. The Kier molecular flexibility index (Phi) is 4.26. The van der Waals surface area contributed by atoms with E-state index in [4.69, 9.17) is 23.2 Å². The molecule has 3 amide bonds. The SMILES string of the molecule is O=C(Nc1cc(Cl)c(Cl)cc1N1C(=O)C2C3C=CC(C3)C2C1=O)c1ccccc1. The number of amides is 3. The zero-order valence-corrected chi connectivity index (χ0v) is 16.7. The molecule has 4 unspecified atom stereocenters. The average molecular weight is 427 g/mol. The molecule has 2 bridgehead atoms. The second kappa shape index (κ2) is 6.71. The van der Waals surface area contributed by atoms with Crippen molar-refractivity contribution in [2.24, 2.45) is 23.7 Å². The Morgan fingerprint density at radius 3 is 2.14 bits per heavy atom. The summed E-state index contributed by atoms with van der Waals surface area (Å²) < 4.78 is 0. The van der Waals surface area contributed by atoms with Gasteiger partial charge in [0.25, 0.3) is 5.91 Å². The summed E-state index contributed by atoms with van der Waals surface area (Å²) in [4.78, 5) is 40.2. The monoisotopic (exact) mass is 426 g/mol. The molecule has 1 aliphatic heterocycles. The molecule has 29 heavy (non-hydrogen) atoms. The summed E-state index contributed by atoms with van der Waals surface area (Å²) >= 11 is 12.4. The van der Waals surface area contributed by atoms with Gasteiger partial charge >= 0.3 is 0 Å². The van der Waals surface area contributed by atoms with Crippen LogP contribution in [-0.4, -0.2) is 17.7 Å². The van der Waals surface area contributed by atoms with Crippen LogP contribution in [0.4, 0.5) is 11.4 Å². The predicted octanol–water partition coefficient (Wildman–Crippen LogP) is 4.56. The Balaban J connectivity index is 1.54. The highest BCUT2D eigenvalue weighted by molar-refractivity contribution is 6.43. The number of nitrogens with one attached hydrogen (secondary N) is 1. The van der Waals surface area contributed by atoms with Gasteiger partial charge in [-0.15, -0.1) is 0 Å². The van der Waals surface area contributed by atoms with Gasteiger partial charge in [-0.1, -0.05) is 53.6 Å². The molecule has 7 heteroatoms. The zero-order chi connectivity index (χ0) is 20.3. The van der Waals surface area contributed by atoms with Gasteiger partial charge in [0.1, 0.15) is 0 Å². The lowest BCUT2D eigenvalue weighted by Gasteiger charge is -2.21. The smallest absolute Gasteiger partial charge is 0.255 e. The van der Waals surface area contributed by atoms with Crippen LogP contribution in [0.25, 0.3) is 0 Å². The highest BCUT2D eigenvalue weighted by Crippen LogP contribution is 2.54. The fourth-order valence-corrected chi connectivity index (χ4v) is 5.07. The van der Waals surface area contributed by atoms with Crippen molar-refractivity contribution in [3.05, 3.63) is 70.2 Å². The number of hydrogen-bond donors (Lipinski definition) is 1. The molecule has 5 rings (SSSR count). The van der Waals surface area contributed by atoms with Crippen LogP contribution in [0.15, 0.2) is 54.6 Å². The maximum Gasteiger partial charge on any atom is 0.255 e. The number of hydrogen-bond acceptors (Lipinski definition) is 3. The van der Waals surface area contributed by atoms with Gasteiger partial charge in [-0.05, 0) is 42.5 Å². The summed E-state index contributed by atoms with van der Waals surface area (Å²) in [5.41, 5.74) is 0.977. The maximum atomic E-state index is 13.2. The molecular formula is C22H16Cl2N2O3. The third-order valence-corrected chi connectivity index (χ3v) is 6.76. The largest absolute Gasteiger partial charge is 0.320 e. The number of carbonyl (C=O) groups is 3. The van der Waals surface area contributed by atoms with Crippen molar-refractivity contribution in [3.63, 3.8) is 0 Å². The molecule has 146 valence electrons. The van der Waals surface area contributed by atoms with Crippen LogP contribution < -0.4 is 10.2 Å². The first-order chi connectivity index (χ1) is 14.0. The van der Waals surface area contributed by atoms with E-state index in [1.165, 1.54) is 17.0 Å². The third-order valence-electron chi connectivity index (χ3n) is 6.03. The van der Waals surface area contributed by atoms with Gasteiger partial charge in [-0.3, -0.25) is 14.4 Å². The summed E-state index contributed by atoms with van der Waals surface area (Å²) in [6.45, 7) is 0. The standard InChI is InChI=1S/C22H16Cl2N2O3/c23-14-9-16(25-20(27)11-4-2-1-3-5-11)17(10-15(14)24)26-21(28)18-12-6-7-13(8-12)19(18)22(26)29/h1-7,9-10,12-13,18-19H,8H2,(H,25,27). The van der Waals surface area contributed by atoms with E-state index in [-0.39, 0.29) is 62.8 Å². The van der Waals surface area contributed by atoms with Crippen LogP contribution in [-0.2, 0) is 9.59 Å². The topological polar surface area (TPSA) is 66.5 Å². The Labute approximate surface area is 177 Å². The molecule has 1 saturated carbocycles. The molecule has 2 aliphatic carbocycles. The molecule has 2 aromatic rings. The molecule has 1 heterocycles. The minimum Gasteiger partial charge on any atom is -0.320 e. The van der Waals surface area contributed by atoms with Crippen LogP contribution in [0.3, 0.4) is 0 Å². The summed E-state index contributed by atoms with van der Waals surface area (Å²) in [5, 5.41) is 3.20. The van der Waals surface area contributed by atoms with Crippen LogP contribution in [0.1, 0.15) is 16.8 Å². The molecule has 0 aromatic heterocycles. The van der Waals surface area contributed by atoms with Crippen molar-refractivity contribution < 1.29 is 14.4 Å². The molecule has 0 spiro atoms. The van der Waals surface area contributed by atoms with Crippen LogP contribution in [0.2, 0.25) is 10.0 Å². The lowest BCUT2D eigenvalue weighted by Crippen LogP contribution is -2.33. The number of allylic oxidation sites excluding steroid dienone is 2. The van der Waals surface area contributed by atoms with E-state index in [1.807, 2.05) is 18.2 Å². The van der Waals surface area contributed by atoms with Gasteiger partial charge in [-0.25, -0.2) is 4.90 Å². The van der Waals surface area contributed by atoms with E-state index < -0.39 is 0 Å². The molecule has 3 aliphatic rings. The maximum absolute atomic E-state index is 13.2. The number of anilines is 2. The van der Waals surface area contributed by atoms with E-state index in [0.717, 1.165) is 6.42 Å². The van der Waals surface area contributed by atoms with Crippen molar-refractivity contribution in [3.8, 4) is 0 Å². The molecule has 2 fully saturated rings. The highest BCUT2D eigenvalue weighted by Gasteiger charge is 2.59. The molecule has 0 radical (unpaired) electrons. The molecule has 1 N–H and O–H groups in total. The first-order valence-corrected chi connectivity index (χ1v) is 10.1. The fourth-order valence-electron chi connectivity index (χ4n) is 4.75. The molecule has 2 aromatic carbocycles. The van der Waals surface area contributed by atoms with Gasteiger partial charge < -0.3 is 5.32 Å². The predicted molar refractivity (Wildman–Crippen MR) is 111 cm³/mol. The van der Waals surface area contributed by atoms with Gasteiger partial charge in [-0.2, -0.15) is 0 Å². The van der Waals surface area contributed by atoms with Crippen molar-refractivity contribution in [1.29, 1.82) is 0 Å². The van der Waals surface area contributed by atoms with Crippen molar-refractivity contribution >= 4 is 52.3 Å². The second-order valence-electron chi connectivity index (χ2n) is 7.62. The minimum absolute atomic E-state index is 0.0941. The number of fused-ring (bicyclic) bond motifs is 5. The number of nitrogens with zero attached hydrogens (tertiary/aromatic N) is 1. The summed E-state index contributed by atoms with van der Waals surface area (Å²) in [6, 6.07) is 11.6. The average Bonchev–Trinajstić information content (AvgIpc) is 3.39. The van der Waals surface area contributed by atoms with E-state index in [2.05, 4.69) is 5.32 Å². The van der Waals surface area contributed by atoms with E-state index in [1.54, 1.807) is 24.3 Å². The van der Waals surface area contributed by atoms with E-state index >= 15 is 0 Å². The first kappa shape index (κ1) is 18.4. The molecule has 4 atom stereocenters. The van der Waals surface area contributed by atoms with Gasteiger partial charge in [0.15, 0.2) is 0 Å². The van der Waals surface area contributed by atoms with Crippen molar-refractivity contribution in [2.75, 3.05) is 10.2 Å². The summed E-state index contributed by atoms with van der Waals surface area (Å²) in [5.74, 6) is -1.36. The number of carbonyl (C=O) groups excluding carboxylic acids is 3. The minimum atomic E-state index is -0.369. The van der Waals surface area contributed by atoms with Gasteiger partial charge in [0, 0.05) is 5.56 Å². The van der Waals surface area contributed by atoms with E-state index in [9.17, 15) is 14.4 Å². The normalized spacial score (nSPS) is 26.9. The highest BCUT2D eigenvalue weighted by atomic mass is 35.5. The second-order valence-corrected chi connectivity index (χ2v) is 8.43. The Morgan fingerprint density at radius 1 is 0.931 bits per heavy atom. The number of imide groups is 1.